The lowest BCUT2D eigenvalue weighted by molar-refractivity contribution is -0.941. The fourth-order valence-electron chi connectivity index (χ4n) is 3.83. The van der Waals surface area contributed by atoms with Gasteiger partial charge in [0.2, 0.25) is 0 Å². The summed E-state index contributed by atoms with van der Waals surface area (Å²) in [5.74, 6) is 1.20. The highest BCUT2D eigenvalue weighted by Crippen LogP contribution is 2.20. The number of benzene rings is 1. The second-order valence-corrected chi connectivity index (χ2v) is 10.7. The Bertz CT molecular complexity index is 740. The Hall–Kier alpha value is -1.38. The van der Waals surface area contributed by atoms with E-state index in [1.807, 2.05) is 24.3 Å². The minimum atomic E-state index is -2.98. The maximum Gasteiger partial charge on any atom is 0.173 e. The monoisotopic (exact) mass is 428 g/mol. The summed E-state index contributed by atoms with van der Waals surface area (Å²) in [5.41, 5.74) is 0.869. The first-order valence-electron chi connectivity index (χ1n) is 9.90. The summed E-state index contributed by atoms with van der Waals surface area (Å²) >= 11 is 5.69. The molecular formula is C20H34N3O3S2+. The average molecular weight is 429 g/mol. The Morgan fingerprint density at radius 2 is 1.86 bits per heavy atom. The third-order valence-corrected chi connectivity index (χ3v) is 7.46. The summed E-state index contributed by atoms with van der Waals surface area (Å²) < 4.78 is 29.3. The first-order chi connectivity index (χ1) is 13.1. The van der Waals surface area contributed by atoms with Gasteiger partial charge in [0.15, 0.2) is 14.9 Å². The van der Waals surface area contributed by atoms with Crippen LogP contribution in [0.1, 0.15) is 34.1 Å². The minimum absolute atomic E-state index is 0.0659. The predicted octanol–water partition coefficient (Wildman–Crippen LogP) is 1.58. The molecule has 0 unspecified atom stereocenters. The fraction of sp³-hybridized carbons (Fsp3) is 0.650. The van der Waals surface area contributed by atoms with E-state index in [0.29, 0.717) is 23.6 Å². The van der Waals surface area contributed by atoms with Gasteiger partial charge in [0.1, 0.15) is 5.75 Å². The Morgan fingerprint density at radius 1 is 1.25 bits per heavy atom. The summed E-state index contributed by atoms with van der Waals surface area (Å²) in [6.07, 6.45) is 0.630. The molecule has 1 fully saturated rings. The first kappa shape index (κ1) is 22.9. The second kappa shape index (κ2) is 9.89. The van der Waals surface area contributed by atoms with E-state index in [0.717, 1.165) is 24.5 Å². The molecule has 2 N–H and O–H groups in total. The summed E-state index contributed by atoms with van der Waals surface area (Å²) in [6, 6.07) is 8.50. The van der Waals surface area contributed by atoms with Crippen molar-refractivity contribution < 1.29 is 18.1 Å². The lowest BCUT2D eigenvalue weighted by Gasteiger charge is -2.34. The van der Waals surface area contributed by atoms with Gasteiger partial charge in [-0.25, -0.2) is 8.42 Å². The molecule has 6 nitrogen and oxygen atoms in total. The molecule has 0 radical (unpaired) electrons. The predicted molar refractivity (Wildman–Crippen MR) is 119 cm³/mol. The second-order valence-electron chi connectivity index (χ2n) is 8.04. The van der Waals surface area contributed by atoms with Crippen LogP contribution in [-0.2, 0) is 9.84 Å². The molecule has 1 aliphatic rings. The number of rotatable bonds is 8. The van der Waals surface area contributed by atoms with Crippen LogP contribution in [0.25, 0.3) is 0 Å². The molecule has 1 aromatic rings. The van der Waals surface area contributed by atoms with Gasteiger partial charge < -0.3 is 19.9 Å². The summed E-state index contributed by atoms with van der Waals surface area (Å²) in [4.78, 5) is 3.56. The van der Waals surface area contributed by atoms with Crippen LogP contribution in [0.3, 0.4) is 0 Å². The van der Waals surface area contributed by atoms with Crippen LogP contribution < -0.4 is 15.0 Å². The SMILES string of the molecule is COc1ccc(NC(=S)N(CC[NH+](C(C)C)C(C)C)[C@@H]2CCS(=O)(=O)C2)cc1. The number of anilines is 1. The van der Waals surface area contributed by atoms with Crippen molar-refractivity contribution in [2.45, 2.75) is 52.2 Å². The van der Waals surface area contributed by atoms with Crippen LogP contribution in [0.2, 0.25) is 0 Å². The third kappa shape index (κ3) is 6.32. The Balaban J connectivity index is 2.13. The van der Waals surface area contributed by atoms with Crippen molar-refractivity contribution in [3.8, 4) is 5.75 Å². The summed E-state index contributed by atoms with van der Waals surface area (Å²) in [5, 5.41) is 3.86. The van der Waals surface area contributed by atoms with Gasteiger partial charge in [0.05, 0.1) is 43.8 Å². The molecule has 0 bridgehead atoms. The lowest BCUT2D eigenvalue weighted by Crippen LogP contribution is -3.18. The molecule has 1 aromatic carbocycles. The smallest absolute Gasteiger partial charge is 0.173 e. The van der Waals surface area contributed by atoms with Crippen LogP contribution in [-0.4, -0.2) is 68.3 Å². The van der Waals surface area contributed by atoms with Gasteiger partial charge in [-0.05, 0) is 70.6 Å². The molecule has 158 valence electrons. The number of methoxy groups -OCH3 is 1. The maximum absolute atomic E-state index is 12.0. The Morgan fingerprint density at radius 3 is 2.32 bits per heavy atom. The van der Waals surface area contributed by atoms with E-state index < -0.39 is 9.84 Å². The van der Waals surface area contributed by atoms with Crippen LogP contribution in [0.4, 0.5) is 5.69 Å². The van der Waals surface area contributed by atoms with Gasteiger partial charge in [-0.2, -0.15) is 0 Å². The number of hydrogen-bond donors (Lipinski definition) is 2. The number of nitrogens with one attached hydrogen (secondary N) is 2. The van der Waals surface area contributed by atoms with Gasteiger partial charge in [-0.15, -0.1) is 0 Å². The highest BCUT2D eigenvalue weighted by Gasteiger charge is 2.34. The number of quaternary nitrogens is 1. The standard InChI is InChI=1S/C20H33N3O3S2/c1-15(2)22(16(3)4)11-12-23(18-10-13-28(24,25)14-18)20(27)21-17-6-8-19(26-5)9-7-17/h6-9,15-16,18H,10-14H2,1-5H3,(H,21,27)/p+1/t18-/m1/s1. The maximum atomic E-state index is 12.0. The molecule has 0 aromatic heterocycles. The zero-order valence-electron chi connectivity index (χ0n) is 17.6. The fourth-order valence-corrected chi connectivity index (χ4v) is 5.92. The van der Waals surface area contributed by atoms with Crippen LogP contribution >= 0.6 is 12.2 Å². The molecule has 0 amide bonds. The molecule has 1 atom stereocenters. The van der Waals surface area contributed by atoms with Crippen molar-refractivity contribution in [3.63, 3.8) is 0 Å². The lowest BCUT2D eigenvalue weighted by atomic mass is 10.2. The van der Waals surface area contributed by atoms with E-state index >= 15 is 0 Å². The van der Waals surface area contributed by atoms with Gasteiger partial charge in [-0.1, -0.05) is 0 Å². The highest BCUT2D eigenvalue weighted by atomic mass is 32.2. The molecule has 8 heteroatoms. The number of ether oxygens (including phenoxy) is 1. The topological polar surface area (TPSA) is 63.1 Å². The van der Waals surface area contributed by atoms with Crippen LogP contribution in [0.15, 0.2) is 24.3 Å². The Kier molecular flexibility index (Phi) is 8.09. The van der Waals surface area contributed by atoms with Crippen LogP contribution in [0, 0.1) is 0 Å². The van der Waals surface area contributed by atoms with Gasteiger partial charge in [-0.3, -0.25) is 0 Å². The molecule has 2 rings (SSSR count). The molecule has 1 heterocycles. The average Bonchev–Trinajstić information content (AvgIpc) is 2.98. The molecule has 0 spiro atoms. The number of sulfone groups is 1. The summed E-state index contributed by atoms with van der Waals surface area (Å²) in [6.45, 7) is 10.5. The zero-order chi connectivity index (χ0) is 20.9. The van der Waals surface area contributed by atoms with E-state index in [1.54, 1.807) is 7.11 Å². The number of thiocarbonyl (C=S) groups is 1. The molecule has 0 aliphatic carbocycles. The minimum Gasteiger partial charge on any atom is -0.497 e. The van der Waals surface area contributed by atoms with Gasteiger partial charge in [0, 0.05) is 11.7 Å². The van der Waals surface area contributed by atoms with Gasteiger partial charge in [0.25, 0.3) is 0 Å². The molecule has 0 saturated carbocycles. The molecular weight excluding hydrogens is 394 g/mol. The Labute approximate surface area is 175 Å². The van der Waals surface area contributed by atoms with E-state index in [-0.39, 0.29) is 17.5 Å². The number of hydrogen-bond acceptors (Lipinski definition) is 4. The molecule has 28 heavy (non-hydrogen) atoms. The van der Waals surface area contributed by atoms with Crippen LogP contribution in [0.5, 0.6) is 5.75 Å². The van der Waals surface area contributed by atoms with E-state index in [2.05, 4.69) is 37.9 Å². The normalized spacial score (nSPS) is 18.6. The van der Waals surface area contributed by atoms with Crippen molar-refractivity contribution in [1.29, 1.82) is 0 Å². The van der Waals surface area contributed by atoms with E-state index in [4.69, 9.17) is 17.0 Å². The highest BCUT2D eigenvalue weighted by molar-refractivity contribution is 7.91. The zero-order valence-corrected chi connectivity index (χ0v) is 19.2. The molecule has 1 saturated heterocycles. The van der Waals surface area contributed by atoms with E-state index in [9.17, 15) is 8.42 Å². The van der Waals surface area contributed by atoms with Crippen molar-refractivity contribution in [2.24, 2.45) is 0 Å². The number of nitrogens with zero attached hydrogens (tertiary/aromatic N) is 1. The first-order valence-corrected chi connectivity index (χ1v) is 12.1. The van der Waals surface area contributed by atoms with E-state index in [1.165, 1.54) is 4.90 Å². The quantitative estimate of drug-likeness (QED) is 0.613. The van der Waals surface area contributed by atoms with Crippen molar-refractivity contribution in [3.05, 3.63) is 24.3 Å². The van der Waals surface area contributed by atoms with Gasteiger partial charge >= 0.3 is 0 Å². The third-order valence-electron chi connectivity index (χ3n) is 5.38. The largest absolute Gasteiger partial charge is 0.497 e. The van der Waals surface area contributed by atoms with Crippen molar-refractivity contribution in [1.82, 2.24) is 4.90 Å². The van der Waals surface area contributed by atoms with Crippen molar-refractivity contribution in [2.75, 3.05) is 37.0 Å². The molecule has 1 aliphatic heterocycles. The summed E-state index contributed by atoms with van der Waals surface area (Å²) in [7, 11) is -1.35. The van der Waals surface area contributed by atoms with Crippen molar-refractivity contribution >= 4 is 32.9 Å².